The molecule has 2 aromatic carbocycles. The molecule has 1 aliphatic heterocycles. The first-order chi connectivity index (χ1) is 11.5. The van der Waals surface area contributed by atoms with Crippen LogP contribution in [0.1, 0.15) is 16.7 Å². The predicted octanol–water partition coefficient (Wildman–Crippen LogP) is 2.54. The van der Waals surface area contributed by atoms with E-state index in [-0.39, 0.29) is 5.82 Å². The standard InChI is InChI=1S/C16H16FN.C2H2O4/c17-16-7-5-13(6-8-16)11-18-10-9-14-3-1-2-4-15(14)12-18;3-1(4)2(5)6/h1-8H,9-12H2;(H,3,4)(H,5,6). The third kappa shape index (κ3) is 5.17. The molecule has 3 rings (SSSR count). The molecule has 5 nitrogen and oxygen atoms in total. The average molecular weight is 331 g/mol. The first kappa shape index (κ1) is 17.6. The monoisotopic (exact) mass is 331 g/mol. The van der Waals surface area contributed by atoms with E-state index in [1.807, 2.05) is 12.1 Å². The van der Waals surface area contributed by atoms with E-state index in [9.17, 15) is 4.39 Å². The summed E-state index contributed by atoms with van der Waals surface area (Å²) in [6, 6.07) is 15.4. The Morgan fingerprint density at radius 2 is 1.54 bits per heavy atom. The highest BCUT2D eigenvalue weighted by molar-refractivity contribution is 6.27. The molecule has 0 spiro atoms. The first-order valence-electron chi connectivity index (χ1n) is 7.45. The van der Waals surface area contributed by atoms with Gasteiger partial charge in [0.15, 0.2) is 0 Å². The van der Waals surface area contributed by atoms with E-state index in [1.54, 1.807) is 0 Å². The molecular weight excluding hydrogens is 313 g/mol. The number of carboxylic acid groups (broad SMARTS) is 2. The van der Waals surface area contributed by atoms with Crippen molar-refractivity contribution in [1.82, 2.24) is 4.90 Å². The fraction of sp³-hybridized carbons (Fsp3) is 0.222. The molecule has 2 aromatic rings. The summed E-state index contributed by atoms with van der Waals surface area (Å²) in [6.45, 7) is 2.97. The molecule has 1 aliphatic rings. The zero-order valence-electron chi connectivity index (χ0n) is 13.0. The number of benzene rings is 2. The molecule has 0 amide bonds. The summed E-state index contributed by atoms with van der Waals surface area (Å²) >= 11 is 0. The quantitative estimate of drug-likeness (QED) is 0.827. The summed E-state index contributed by atoms with van der Waals surface area (Å²) in [5.41, 5.74) is 4.06. The van der Waals surface area contributed by atoms with Gasteiger partial charge in [-0.05, 0) is 35.2 Å². The van der Waals surface area contributed by atoms with Gasteiger partial charge in [-0.2, -0.15) is 0 Å². The van der Waals surface area contributed by atoms with Crippen molar-refractivity contribution >= 4 is 11.9 Å². The first-order valence-corrected chi connectivity index (χ1v) is 7.45. The molecule has 0 aliphatic carbocycles. The van der Waals surface area contributed by atoms with Crippen molar-refractivity contribution in [3.8, 4) is 0 Å². The highest BCUT2D eigenvalue weighted by Crippen LogP contribution is 2.20. The van der Waals surface area contributed by atoms with Crippen LogP contribution in [0.15, 0.2) is 48.5 Å². The Hall–Kier alpha value is -2.73. The van der Waals surface area contributed by atoms with Crippen molar-refractivity contribution in [3.05, 3.63) is 71.0 Å². The van der Waals surface area contributed by atoms with Gasteiger partial charge in [0.25, 0.3) is 0 Å². The van der Waals surface area contributed by atoms with Crippen LogP contribution < -0.4 is 0 Å². The Balaban J connectivity index is 0.000000301. The number of carboxylic acids is 2. The largest absolute Gasteiger partial charge is 0.473 e. The van der Waals surface area contributed by atoms with Gasteiger partial charge in [-0.1, -0.05) is 36.4 Å². The molecule has 0 saturated carbocycles. The molecular formula is C18H18FNO4. The number of rotatable bonds is 2. The topological polar surface area (TPSA) is 77.8 Å². The van der Waals surface area contributed by atoms with E-state index in [2.05, 4.69) is 29.2 Å². The van der Waals surface area contributed by atoms with Crippen molar-refractivity contribution in [2.24, 2.45) is 0 Å². The summed E-state index contributed by atoms with van der Waals surface area (Å²) in [6.07, 6.45) is 1.11. The fourth-order valence-corrected chi connectivity index (χ4v) is 2.54. The Bertz CT molecular complexity index is 703. The molecule has 0 fully saturated rings. The number of carbonyl (C=O) groups is 2. The molecule has 0 bridgehead atoms. The minimum atomic E-state index is -1.82. The predicted molar refractivity (Wildman–Crippen MR) is 85.9 cm³/mol. The normalized spacial score (nSPS) is 13.4. The van der Waals surface area contributed by atoms with E-state index in [1.165, 1.54) is 28.8 Å². The molecule has 0 atom stereocenters. The second-order valence-corrected chi connectivity index (χ2v) is 5.47. The minimum absolute atomic E-state index is 0.164. The fourth-order valence-electron chi connectivity index (χ4n) is 2.54. The number of halogens is 1. The van der Waals surface area contributed by atoms with E-state index < -0.39 is 11.9 Å². The molecule has 0 aromatic heterocycles. The van der Waals surface area contributed by atoms with Crippen LogP contribution in [0.4, 0.5) is 4.39 Å². The van der Waals surface area contributed by atoms with Gasteiger partial charge in [0, 0.05) is 19.6 Å². The number of nitrogens with zero attached hydrogens (tertiary/aromatic N) is 1. The Morgan fingerprint density at radius 1 is 0.958 bits per heavy atom. The van der Waals surface area contributed by atoms with Crippen LogP contribution in [0.5, 0.6) is 0 Å². The maximum atomic E-state index is 12.8. The Kier molecular flexibility index (Phi) is 6.03. The highest BCUT2D eigenvalue weighted by atomic mass is 19.1. The lowest BCUT2D eigenvalue weighted by atomic mass is 9.99. The van der Waals surface area contributed by atoms with Crippen LogP contribution in [0.3, 0.4) is 0 Å². The van der Waals surface area contributed by atoms with Gasteiger partial charge < -0.3 is 10.2 Å². The molecule has 6 heteroatoms. The molecule has 24 heavy (non-hydrogen) atoms. The van der Waals surface area contributed by atoms with Crippen LogP contribution in [-0.4, -0.2) is 33.6 Å². The van der Waals surface area contributed by atoms with Crippen molar-refractivity contribution < 1.29 is 24.2 Å². The molecule has 2 N–H and O–H groups in total. The summed E-state index contributed by atoms with van der Waals surface area (Å²) in [5, 5.41) is 14.8. The number of hydrogen-bond acceptors (Lipinski definition) is 3. The van der Waals surface area contributed by atoms with Crippen LogP contribution in [0, 0.1) is 5.82 Å². The van der Waals surface area contributed by atoms with E-state index in [0.717, 1.165) is 26.1 Å². The van der Waals surface area contributed by atoms with Gasteiger partial charge in [-0.25, -0.2) is 14.0 Å². The summed E-state index contributed by atoms with van der Waals surface area (Å²) in [5.74, 6) is -3.81. The SMILES string of the molecule is Fc1ccc(CN2CCc3ccccc3C2)cc1.O=C(O)C(=O)O. The van der Waals surface area contributed by atoms with Crippen molar-refractivity contribution in [2.45, 2.75) is 19.5 Å². The summed E-state index contributed by atoms with van der Waals surface area (Å²) in [4.78, 5) is 20.6. The van der Waals surface area contributed by atoms with Crippen molar-refractivity contribution in [2.75, 3.05) is 6.54 Å². The lowest BCUT2D eigenvalue weighted by molar-refractivity contribution is -0.159. The zero-order valence-corrected chi connectivity index (χ0v) is 13.0. The van der Waals surface area contributed by atoms with E-state index in [4.69, 9.17) is 19.8 Å². The second-order valence-electron chi connectivity index (χ2n) is 5.47. The molecule has 0 radical (unpaired) electrons. The van der Waals surface area contributed by atoms with Crippen LogP contribution in [0.2, 0.25) is 0 Å². The minimum Gasteiger partial charge on any atom is -0.473 e. The van der Waals surface area contributed by atoms with Gasteiger partial charge >= 0.3 is 11.9 Å². The number of hydrogen-bond donors (Lipinski definition) is 2. The molecule has 126 valence electrons. The third-order valence-electron chi connectivity index (χ3n) is 3.71. The molecule has 0 unspecified atom stereocenters. The van der Waals surface area contributed by atoms with Gasteiger partial charge in [-0.15, -0.1) is 0 Å². The van der Waals surface area contributed by atoms with Crippen molar-refractivity contribution in [1.29, 1.82) is 0 Å². The average Bonchev–Trinajstić information content (AvgIpc) is 2.57. The van der Waals surface area contributed by atoms with Crippen LogP contribution in [0.25, 0.3) is 0 Å². The lowest BCUT2D eigenvalue weighted by Gasteiger charge is -2.28. The van der Waals surface area contributed by atoms with Crippen LogP contribution >= 0.6 is 0 Å². The lowest BCUT2D eigenvalue weighted by Crippen LogP contribution is -2.29. The molecule has 0 saturated heterocycles. The highest BCUT2D eigenvalue weighted by Gasteiger charge is 2.15. The van der Waals surface area contributed by atoms with Gasteiger partial charge in [-0.3, -0.25) is 4.90 Å². The maximum absolute atomic E-state index is 12.8. The van der Waals surface area contributed by atoms with E-state index >= 15 is 0 Å². The zero-order chi connectivity index (χ0) is 17.5. The third-order valence-corrected chi connectivity index (χ3v) is 3.71. The second kappa shape index (κ2) is 8.21. The van der Waals surface area contributed by atoms with Gasteiger partial charge in [0.2, 0.25) is 0 Å². The Labute approximate surface area is 139 Å². The molecule has 1 heterocycles. The van der Waals surface area contributed by atoms with Gasteiger partial charge in [0.05, 0.1) is 0 Å². The van der Waals surface area contributed by atoms with Crippen molar-refractivity contribution in [3.63, 3.8) is 0 Å². The maximum Gasteiger partial charge on any atom is 0.414 e. The number of fused-ring (bicyclic) bond motifs is 1. The van der Waals surface area contributed by atoms with E-state index in [0.29, 0.717) is 0 Å². The Morgan fingerprint density at radius 3 is 2.12 bits per heavy atom. The number of aliphatic carboxylic acids is 2. The summed E-state index contributed by atoms with van der Waals surface area (Å²) < 4.78 is 12.8. The van der Waals surface area contributed by atoms with Gasteiger partial charge in [0.1, 0.15) is 5.82 Å². The smallest absolute Gasteiger partial charge is 0.414 e. The van der Waals surface area contributed by atoms with Crippen LogP contribution in [-0.2, 0) is 29.1 Å². The summed E-state index contributed by atoms with van der Waals surface area (Å²) in [7, 11) is 0.